The molecule has 3 heterocycles. The molecule has 7 nitrogen and oxygen atoms in total. The van der Waals surface area contributed by atoms with Crippen LogP contribution in [-0.2, 0) is 6.61 Å². The summed E-state index contributed by atoms with van der Waals surface area (Å²) in [5.41, 5.74) is 1.98. The largest absolute Gasteiger partial charge is 0.497 e. The zero-order valence-electron chi connectivity index (χ0n) is 17.9. The van der Waals surface area contributed by atoms with Crippen molar-refractivity contribution < 1.29 is 18.7 Å². The first-order valence-corrected chi connectivity index (χ1v) is 10.8. The number of rotatable bonds is 6. The molecule has 2 aromatic heterocycles. The lowest BCUT2D eigenvalue weighted by atomic mass is 9.97. The molecule has 0 radical (unpaired) electrons. The van der Waals surface area contributed by atoms with E-state index >= 15 is 0 Å². The molecular formula is C25H25N3O4. The molecule has 1 saturated heterocycles. The number of H-pyrrole nitrogens is 1. The summed E-state index contributed by atoms with van der Waals surface area (Å²) in [6.07, 6.45) is 1.93. The summed E-state index contributed by atoms with van der Waals surface area (Å²) in [4.78, 5) is 23.1. The molecule has 1 aliphatic heterocycles. The number of ether oxygens (including phenoxy) is 2. The van der Waals surface area contributed by atoms with Gasteiger partial charge in [-0.2, -0.15) is 0 Å². The van der Waals surface area contributed by atoms with Gasteiger partial charge in [0.2, 0.25) is 0 Å². The quantitative estimate of drug-likeness (QED) is 0.476. The van der Waals surface area contributed by atoms with Crippen LogP contribution in [0.25, 0.3) is 11.0 Å². The standard InChI is InChI=1S/C25H25N3O4/c1-30-18-8-10-19(11-9-18)31-16-20-12-13-23(32-20)25(29)28-14-4-5-17(15-28)24-26-21-6-2-3-7-22(21)27-24/h2-3,6-13,17H,4-5,14-16H2,1H3,(H,26,27). The highest BCUT2D eigenvalue weighted by molar-refractivity contribution is 5.91. The molecule has 0 aliphatic carbocycles. The van der Waals surface area contributed by atoms with Gasteiger partial charge < -0.3 is 23.8 Å². The maximum Gasteiger partial charge on any atom is 0.289 e. The average molecular weight is 431 g/mol. The van der Waals surface area contributed by atoms with E-state index in [-0.39, 0.29) is 18.4 Å². The van der Waals surface area contributed by atoms with Gasteiger partial charge >= 0.3 is 0 Å². The van der Waals surface area contributed by atoms with E-state index in [1.165, 1.54) is 0 Å². The van der Waals surface area contributed by atoms with Crippen LogP contribution in [-0.4, -0.2) is 41.0 Å². The van der Waals surface area contributed by atoms with Crippen LogP contribution >= 0.6 is 0 Å². The SMILES string of the molecule is COc1ccc(OCc2ccc(C(=O)N3CCCC(c4nc5ccccc5[nH]4)C3)o2)cc1. The van der Waals surface area contributed by atoms with Gasteiger partial charge in [-0.25, -0.2) is 4.98 Å². The lowest BCUT2D eigenvalue weighted by Gasteiger charge is -2.31. The van der Waals surface area contributed by atoms with Crippen molar-refractivity contribution in [3.8, 4) is 11.5 Å². The second kappa shape index (κ2) is 8.78. The van der Waals surface area contributed by atoms with Crippen molar-refractivity contribution in [2.24, 2.45) is 0 Å². The van der Waals surface area contributed by atoms with Gasteiger partial charge in [0.1, 0.15) is 29.7 Å². The van der Waals surface area contributed by atoms with Crippen molar-refractivity contribution in [3.05, 3.63) is 78.0 Å². The number of fused-ring (bicyclic) bond motifs is 1. The van der Waals surface area contributed by atoms with Crippen LogP contribution in [0.15, 0.2) is 65.1 Å². The molecule has 32 heavy (non-hydrogen) atoms. The zero-order valence-corrected chi connectivity index (χ0v) is 17.9. The van der Waals surface area contributed by atoms with Crippen LogP contribution < -0.4 is 9.47 Å². The molecule has 4 aromatic rings. The Bertz CT molecular complexity index is 1180. The van der Waals surface area contributed by atoms with E-state index in [4.69, 9.17) is 18.9 Å². The molecule has 1 fully saturated rings. The second-order valence-electron chi connectivity index (χ2n) is 7.96. The first-order valence-electron chi connectivity index (χ1n) is 10.8. The molecule has 164 valence electrons. The Kier molecular flexibility index (Phi) is 5.54. The van der Waals surface area contributed by atoms with Gasteiger partial charge in [-0.1, -0.05) is 12.1 Å². The van der Waals surface area contributed by atoms with Gasteiger partial charge in [-0.3, -0.25) is 4.79 Å². The molecule has 1 amide bonds. The molecule has 1 unspecified atom stereocenters. The number of piperidine rings is 1. The van der Waals surface area contributed by atoms with Crippen molar-refractivity contribution in [1.29, 1.82) is 0 Å². The lowest BCUT2D eigenvalue weighted by molar-refractivity contribution is 0.0668. The zero-order chi connectivity index (χ0) is 21.9. The summed E-state index contributed by atoms with van der Waals surface area (Å²) in [6.45, 7) is 1.59. The van der Waals surface area contributed by atoms with E-state index in [0.717, 1.165) is 35.4 Å². The fourth-order valence-electron chi connectivity index (χ4n) is 4.10. The summed E-state index contributed by atoms with van der Waals surface area (Å²) in [5, 5.41) is 0. The third kappa shape index (κ3) is 4.19. The number of imidazole rings is 1. The highest BCUT2D eigenvalue weighted by atomic mass is 16.5. The molecule has 0 saturated carbocycles. The number of nitrogens with zero attached hydrogens (tertiary/aromatic N) is 2. The van der Waals surface area contributed by atoms with Crippen molar-refractivity contribution >= 4 is 16.9 Å². The molecule has 1 aliphatic rings. The summed E-state index contributed by atoms with van der Waals surface area (Å²) >= 11 is 0. The molecule has 2 aromatic carbocycles. The van der Waals surface area contributed by atoms with E-state index in [2.05, 4.69) is 4.98 Å². The second-order valence-corrected chi connectivity index (χ2v) is 7.96. The third-order valence-corrected chi connectivity index (χ3v) is 5.82. The highest BCUT2D eigenvalue weighted by Gasteiger charge is 2.28. The maximum absolute atomic E-state index is 13.1. The van der Waals surface area contributed by atoms with Gasteiger partial charge in [0.05, 0.1) is 18.1 Å². The van der Waals surface area contributed by atoms with Crippen molar-refractivity contribution in [3.63, 3.8) is 0 Å². The molecule has 0 spiro atoms. The first-order chi connectivity index (χ1) is 15.7. The Morgan fingerprint density at radius 1 is 1.12 bits per heavy atom. The number of methoxy groups -OCH3 is 1. The normalized spacial score (nSPS) is 16.3. The fourth-order valence-corrected chi connectivity index (χ4v) is 4.10. The van der Waals surface area contributed by atoms with E-state index in [1.54, 1.807) is 19.2 Å². The smallest absolute Gasteiger partial charge is 0.289 e. The van der Waals surface area contributed by atoms with Crippen molar-refractivity contribution in [2.45, 2.75) is 25.4 Å². The monoisotopic (exact) mass is 431 g/mol. The van der Waals surface area contributed by atoms with Gasteiger partial charge in [0.25, 0.3) is 5.91 Å². The Morgan fingerprint density at radius 3 is 2.75 bits per heavy atom. The highest BCUT2D eigenvalue weighted by Crippen LogP contribution is 2.28. The third-order valence-electron chi connectivity index (χ3n) is 5.82. The summed E-state index contributed by atoms with van der Waals surface area (Å²) < 4.78 is 16.7. The molecule has 7 heteroatoms. The number of amides is 1. The molecule has 1 atom stereocenters. The number of aromatic amines is 1. The van der Waals surface area contributed by atoms with Crippen molar-refractivity contribution in [2.75, 3.05) is 20.2 Å². The fraction of sp³-hybridized carbons (Fsp3) is 0.280. The molecule has 5 rings (SSSR count). The average Bonchev–Trinajstić information content (AvgIpc) is 3.50. The van der Waals surface area contributed by atoms with Crippen LogP contribution in [0.2, 0.25) is 0 Å². The van der Waals surface area contributed by atoms with Gasteiger partial charge in [0.15, 0.2) is 5.76 Å². The predicted octanol–water partition coefficient (Wildman–Crippen LogP) is 4.76. The minimum absolute atomic E-state index is 0.0958. The van der Waals surface area contributed by atoms with Crippen LogP contribution in [0, 0.1) is 0 Å². The Balaban J connectivity index is 1.22. The minimum atomic E-state index is -0.0958. The van der Waals surface area contributed by atoms with E-state index in [1.807, 2.05) is 53.4 Å². The van der Waals surface area contributed by atoms with E-state index < -0.39 is 0 Å². The van der Waals surface area contributed by atoms with Gasteiger partial charge in [-0.05, 0) is 61.4 Å². The number of carbonyl (C=O) groups is 1. The van der Waals surface area contributed by atoms with E-state index in [9.17, 15) is 4.79 Å². The maximum atomic E-state index is 13.1. The van der Waals surface area contributed by atoms with Gasteiger partial charge in [-0.15, -0.1) is 0 Å². The Hall–Kier alpha value is -3.74. The number of carbonyl (C=O) groups excluding carboxylic acids is 1. The molecule has 1 N–H and O–H groups in total. The number of furan rings is 1. The number of benzene rings is 2. The van der Waals surface area contributed by atoms with Crippen molar-refractivity contribution in [1.82, 2.24) is 14.9 Å². The molecule has 0 bridgehead atoms. The van der Waals surface area contributed by atoms with Crippen LogP contribution in [0.3, 0.4) is 0 Å². The minimum Gasteiger partial charge on any atom is -0.497 e. The number of aromatic nitrogens is 2. The van der Waals surface area contributed by atoms with Crippen LogP contribution in [0.5, 0.6) is 11.5 Å². The lowest BCUT2D eigenvalue weighted by Crippen LogP contribution is -2.39. The number of hydrogen-bond acceptors (Lipinski definition) is 5. The first kappa shape index (κ1) is 20.2. The Labute approximate surface area is 186 Å². The number of para-hydroxylation sites is 2. The number of likely N-dealkylation sites (tertiary alicyclic amines) is 1. The van der Waals surface area contributed by atoms with Crippen LogP contribution in [0.4, 0.5) is 0 Å². The summed E-state index contributed by atoms with van der Waals surface area (Å²) in [5.74, 6) is 3.45. The number of nitrogens with one attached hydrogen (secondary N) is 1. The Morgan fingerprint density at radius 2 is 1.94 bits per heavy atom. The summed E-state index contributed by atoms with van der Waals surface area (Å²) in [7, 11) is 1.62. The van der Waals surface area contributed by atoms with Gasteiger partial charge in [0, 0.05) is 19.0 Å². The topological polar surface area (TPSA) is 80.6 Å². The number of hydrogen-bond donors (Lipinski definition) is 1. The van der Waals surface area contributed by atoms with Crippen LogP contribution in [0.1, 0.15) is 40.9 Å². The molecular weight excluding hydrogens is 406 g/mol. The van der Waals surface area contributed by atoms with E-state index in [0.29, 0.717) is 30.4 Å². The summed E-state index contributed by atoms with van der Waals surface area (Å²) in [6, 6.07) is 18.8. The predicted molar refractivity (Wildman–Crippen MR) is 120 cm³/mol.